The molecule has 0 radical (unpaired) electrons. The van der Waals surface area contributed by atoms with Gasteiger partial charge in [-0.2, -0.15) is 0 Å². The number of carbonyl (C=O) groups excluding carboxylic acids is 2. The maximum atomic E-state index is 11.5. The van der Waals surface area contributed by atoms with Crippen LogP contribution in [0.1, 0.15) is 41.0 Å². The molecule has 0 saturated carbocycles. The van der Waals surface area contributed by atoms with Crippen molar-refractivity contribution < 1.29 is 9.59 Å². The number of carbonyl (C=O) groups is 2. The third kappa shape index (κ3) is 1.57. The average Bonchev–Trinajstić information content (AvgIpc) is 2.58. The molecule has 1 unspecified atom stereocenters. The van der Waals surface area contributed by atoms with Gasteiger partial charge < -0.3 is 5.32 Å². The van der Waals surface area contributed by atoms with Crippen molar-refractivity contribution in [3.63, 3.8) is 0 Å². The fourth-order valence-corrected chi connectivity index (χ4v) is 2.69. The monoisotopic (exact) mass is 209 g/mol. The van der Waals surface area contributed by atoms with E-state index in [4.69, 9.17) is 0 Å². The minimum absolute atomic E-state index is 0.0337. The summed E-state index contributed by atoms with van der Waals surface area (Å²) >= 11 is 1.46. The van der Waals surface area contributed by atoms with E-state index < -0.39 is 0 Å². The average molecular weight is 209 g/mol. The van der Waals surface area contributed by atoms with Crippen molar-refractivity contribution in [2.45, 2.75) is 25.8 Å². The molecule has 2 rings (SSSR count). The number of amides is 1. The normalized spacial score (nSPS) is 20.4. The minimum atomic E-state index is -0.0403. The van der Waals surface area contributed by atoms with E-state index in [1.54, 1.807) is 0 Å². The molecule has 0 bridgehead atoms. The van der Waals surface area contributed by atoms with Crippen LogP contribution < -0.4 is 5.32 Å². The Hall–Kier alpha value is -1.16. The Morgan fingerprint density at radius 1 is 1.64 bits per heavy atom. The van der Waals surface area contributed by atoms with Crippen LogP contribution in [0.15, 0.2) is 11.4 Å². The number of nitrogens with one attached hydrogen (secondary N) is 1. The van der Waals surface area contributed by atoms with Crippen molar-refractivity contribution in [2.24, 2.45) is 0 Å². The summed E-state index contributed by atoms with van der Waals surface area (Å²) in [4.78, 5) is 23.2. The quantitative estimate of drug-likeness (QED) is 0.767. The van der Waals surface area contributed by atoms with E-state index in [0.29, 0.717) is 6.42 Å². The molecule has 1 N–H and O–H groups in total. The van der Waals surface area contributed by atoms with Gasteiger partial charge in [-0.1, -0.05) is 0 Å². The lowest BCUT2D eigenvalue weighted by Crippen LogP contribution is -2.29. The van der Waals surface area contributed by atoms with Crippen molar-refractivity contribution in [3.05, 3.63) is 21.9 Å². The third-order valence-electron chi connectivity index (χ3n) is 2.36. The number of hydrogen-bond donors (Lipinski definition) is 1. The number of ketones is 1. The largest absolute Gasteiger partial charge is 0.349 e. The van der Waals surface area contributed by atoms with Crippen LogP contribution in [0.25, 0.3) is 0 Å². The first-order valence-corrected chi connectivity index (χ1v) is 5.44. The summed E-state index contributed by atoms with van der Waals surface area (Å²) in [6.45, 7) is 1.50. The van der Waals surface area contributed by atoms with Gasteiger partial charge in [-0.05, 0) is 23.4 Å². The Kier molecular flexibility index (Phi) is 2.37. The molecule has 1 aromatic rings. The highest BCUT2D eigenvalue weighted by atomic mass is 32.1. The molecule has 1 atom stereocenters. The van der Waals surface area contributed by atoms with Gasteiger partial charge >= 0.3 is 0 Å². The second-order valence-electron chi connectivity index (χ2n) is 3.42. The number of thiophene rings is 1. The SMILES string of the molecule is CC(=O)NC1CCC(=O)c2sccc21. The first-order chi connectivity index (χ1) is 6.68. The summed E-state index contributed by atoms with van der Waals surface area (Å²) in [5, 5.41) is 4.77. The standard InChI is InChI=1S/C10H11NO2S/c1-6(12)11-8-2-3-9(13)10-7(8)4-5-14-10/h4-5,8H,2-3H2,1H3,(H,11,12). The van der Waals surface area contributed by atoms with E-state index in [9.17, 15) is 9.59 Å². The molecule has 3 nitrogen and oxygen atoms in total. The van der Waals surface area contributed by atoms with Crippen molar-refractivity contribution in [1.82, 2.24) is 5.32 Å². The molecule has 0 aliphatic heterocycles. The topological polar surface area (TPSA) is 46.2 Å². The third-order valence-corrected chi connectivity index (χ3v) is 3.33. The van der Waals surface area contributed by atoms with Crippen LogP contribution in [-0.2, 0) is 4.79 Å². The van der Waals surface area contributed by atoms with Gasteiger partial charge in [0.2, 0.25) is 5.91 Å². The Morgan fingerprint density at radius 3 is 3.14 bits per heavy atom. The second-order valence-corrected chi connectivity index (χ2v) is 4.34. The zero-order valence-electron chi connectivity index (χ0n) is 7.87. The molecular formula is C10H11NO2S. The van der Waals surface area contributed by atoms with Crippen LogP contribution in [0.3, 0.4) is 0 Å². The molecule has 4 heteroatoms. The van der Waals surface area contributed by atoms with Crippen molar-refractivity contribution in [1.29, 1.82) is 0 Å². The van der Waals surface area contributed by atoms with E-state index in [0.717, 1.165) is 16.9 Å². The lowest BCUT2D eigenvalue weighted by molar-refractivity contribution is -0.119. The number of fused-ring (bicyclic) bond motifs is 1. The van der Waals surface area contributed by atoms with Crippen LogP contribution in [-0.4, -0.2) is 11.7 Å². The smallest absolute Gasteiger partial charge is 0.217 e. The Morgan fingerprint density at radius 2 is 2.43 bits per heavy atom. The fourth-order valence-electron chi connectivity index (χ4n) is 1.76. The van der Waals surface area contributed by atoms with Crippen LogP contribution in [0.4, 0.5) is 0 Å². The number of hydrogen-bond acceptors (Lipinski definition) is 3. The Labute approximate surface area is 86.1 Å². The summed E-state index contributed by atoms with van der Waals surface area (Å²) < 4.78 is 0. The van der Waals surface area contributed by atoms with E-state index in [1.807, 2.05) is 11.4 Å². The van der Waals surface area contributed by atoms with Gasteiger partial charge in [0, 0.05) is 13.3 Å². The second kappa shape index (κ2) is 3.53. The van der Waals surface area contributed by atoms with Crippen molar-refractivity contribution >= 4 is 23.0 Å². The van der Waals surface area contributed by atoms with Gasteiger partial charge in [-0.25, -0.2) is 0 Å². The van der Waals surface area contributed by atoms with Gasteiger partial charge in [-0.15, -0.1) is 11.3 Å². The maximum Gasteiger partial charge on any atom is 0.217 e. The predicted molar refractivity (Wildman–Crippen MR) is 54.4 cm³/mol. The summed E-state index contributed by atoms with van der Waals surface area (Å²) in [6.07, 6.45) is 1.26. The van der Waals surface area contributed by atoms with Crippen LogP contribution in [0, 0.1) is 0 Å². The van der Waals surface area contributed by atoms with Crippen molar-refractivity contribution in [3.8, 4) is 0 Å². The van der Waals surface area contributed by atoms with E-state index in [-0.39, 0.29) is 17.7 Å². The van der Waals surface area contributed by atoms with E-state index in [2.05, 4.69) is 5.32 Å². The molecule has 1 aliphatic carbocycles. The summed E-state index contributed by atoms with van der Waals surface area (Å²) in [5.74, 6) is 0.165. The Balaban J connectivity index is 2.29. The molecule has 0 fully saturated rings. The highest BCUT2D eigenvalue weighted by Gasteiger charge is 2.26. The van der Waals surface area contributed by atoms with Gasteiger partial charge in [0.1, 0.15) is 0 Å². The zero-order chi connectivity index (χ0) is 10.1. The molecule has 0 spiro atoms. The van der Waals surface area contributed by atoms with Gasteiger partial charge in [0.05, 0.1) is 10.9 Å². The molecule has 0 saturated heterocycles. The van der Waals surface area contributed by atoms with E-state index in [1.165, 1.54) is 18.3 Å². The van der Waals surface area contributed by atoms with Crippen LogP contribution >= 0.6 is 11.3 Å². The maximum absolute atomic E-state index is 11.5. The molecule has 1 heterocycles. The molecule has 1 aromatic heterocycles. The zero-order valence-corrected chi connectivity index (χ0v) is 8.69. The lowest BCUT2D eigenvalue weighted by atomic mass is 9.93. The summed E-state index contributed by atoms with van der Waals surface area (Å²) in [7, 11) is 0. The number of rotatable bonds is 1. The minimum Gasteiger partial charge on any atom is -0.349 e. The molecule has 1 amide bonds. The van der Waals surface area contributed by atoms with Gasteiger partial charge in [0.25, 0.3) is 0 Å². The fraction of sp³-hybridized carbons (Fsp3) is 0.400. The highest BCUT2D eigenvalue weighted by Crippen LogP contribution is 2.33. The summed E-state index contributed by atoms with van der Waals surface area (Å²) in [6, 6.07) is 1.96. The molecule has 0 aromatic carbocycles. The van der Waals surface area contributed by atoms with Gasteiger partial charge in [0.15, 0.2) is 5.78 Å². The highest BCUT2D eigenvalue weighted by molar-refractivity contribution is 7.12. The first-order valence-electron chi connectivity index (χ1n) is 4.56. The molecular weight excluding hydrogens is 198 g/mol. The molecule has 14 heavy (non-hydrogen) atoms. The van der Waals surface area contributed by atoms with Crippen molar-refractivity contribution in [2.75, 3.05) is 0 Å². The number of Topliss-reactive ketones (excluding diaryl/α,β-unsaturated/α-hetero) is 1. The van der Waals surface area contributed by atoms with Crippen LogP contribution in [0.5, 0.6) is 0 Å². The van der Waals surface area contributed by atoms with Gasteiger partial charge in [-0.3, -0.25) is 9.59 Å². The predicted octanol–water partition coefficient (Wildman–Crippen LogP) is 1.90. The Bertz CT molecular complexity index is 383. The first kappa shape index (κ1) is 9.40. The summed E-state index contributed by atoms with van der Waals surface area (Å²) in [5.41, 5.74) is 0.987. The van der Waals surface area contributed by atoms with Crippen LogP contribution in [0.2, 0.25) is 0 Å². The lowest BCUT2D eigenvalue weighted by Gasteiger charge is -2.22. The van der Waals surface area contributed by atoms with E-state index >= 15 is 0 Å². The molecule has 74 valence electrons. The molecule has 1 aliphatic rings.